The van der Waals surface area contributed by atoms with E-state index >= 15 is 0 Å². The lowest BCUT2D eigenvalue weighted by Gasteiger charge is -2.28. The van der Waals surface area contributed by atoms with Crippen LogP contribution < -0.4 is 10.1 Å². The van der Waals surface area contributed by atoms with Gasteiger partial charge in [0.1, 0.15) is 11.8 Å². The smallest absolute Gasteiger partial charge is 0.422 e. The summed E-state index contributed by atoms with van der Waals surface area (Å²) in [6, 6.07) is 13.0. The first-order chi connectivity index (χ1) is 17.8. The van der Waals surface area contributed by atoms with Crippen LogP contribution in [0.4, 0.5) is 13.2 Å². The molecule has 1 saturated heterocycles. The number of nitrogens with one attached hydrogen (secondary N) is 1. The molecule has 0 bridgehead atoms. The SMILES string of the molecule is N#Cc1ccc(C(c2cnc(OCC(F)(F)F)nc2)N2CC[C@@H](NC(=O)c3ccc(C#N)nc3)C2)cc1. The fourth-order valence-corrected chi connectivity index (χ4v) is 4.05. The maximum Gasteiger partial charge on any atom is 0.422 e. The third-order valence-corrected chi connectivity index (χ3v) is 5.74. The molecular formula is C25H20F3N7O2. The number of rotatable bonds is 7. The lowest BCUT2D eigenvalue weighted by Crippen LogP contribution is -2.38. The van der Waals surface area contributed by atoms with Crippen LogP contribution >= 0.6 is 0 Å². The number of ether oxygens (including phenoxy) is 1. The van der Waals surface area contributed by atoms with Crippen molar-refractivity contribution in [1.82, 2.24) is 25.2 Å². The minimum Gasteiger partial charge on any atom is -0.454 e. The first kappa shape index (κ1) is 25.5. The number of alkyl halides is 3. The molecule has 3 heterocycles. The zero-order valence-corrected chi connectivity index (χ0v) is 19.3. The Hall–Kier alpha value is -4.55. The van der Waals surface area contributed by atoms with Crippen LogP contribution in [0.5, 0.6) is 6.01 Å². The quantitative estimate of drug-likeness (QED) is 0.517. The summed E-state index contributed by atoms with van der Waals surface area (Å²) in [5.41, 5.74) is 2.48. The van der Waals surface area contributed by atoms with Crippen LogP contribution in [-0.2, 0) is 0 Å². The summed E-state index contributed by atoms with van der Waals surface area (Å²) in [5.74, 6) is -0.312. The summed E-state index contributed by atoms with van der Waals surface area (Å²) < 4.78 is 42.0. The molecule has 3 aromatic rings. The normalized spacial score (nSPS) is 16.4. The Kier molecular flexibility index (Phi) is 7.60. The summed E-state index contributed by atoms with van der Waals surface area (Å²) in [4.78, 5) is 26.6. The third-order valence-electron chi connectivity index (χ3n) is 5.74. The Morgan fingerprint density at radius 3 is 2.38 bits per heavy atom. The van der Waals surface area contributed by atoms with E-state index in [1.165, 1.54) is 30.7 Å². The number of benzene rings is 1. The second kappa shape index (κ2) is 11.0. The van der Waals surface area contributed by atoms with Gasteiger partial charge in [-0.2, -0.15) is 23.7 Å². The number of halogens is 3. The van der Waals surface area contributed by atoms with Crippen molar-refractivity contribution in [2.75, 3.05) is 19.7 Å². The van der Waals surface area contributed by atoms with Gasteiger partial charge >= 0.3 is 12.2 Å². The van der Waals surface area contributed by atoms with Crippen LogP contribution in [0.3, 0.4) is 0 Å². The van der Waals surface area contributed by atoms with E-state index in [4.69, 9.17) is 10.5 Å². The van der Waals surface area contributed by atoms with Crippen molar-refractivity contribution in [2.24, 2.45) is 0 Å². The van der Waals surface area contributed by atoms with Crippen LogP contribution in [0, 0.1) is 22.7 Å². The molecule has 9 nitrogen and oxygen atoms in total. The second-order valence-electron chi connectivity index (χ2n) is 8.34. The van der Waals surface area contributed by atoms with Gasteiger partial charge in [0.25, 0.3) is 5.91 Å². The van der Waals surface area contributed by atoms with Crippen LogP contribution in [-0.4, -0.2) is 57.7 Å². The van der Waals surface area contributed by atoms with Gasteiger partial charge < -0.3 is 10.1 Å². The average molecular weight is 507 g/mol. The summed E-state index contributed by atoms with van der Waals surface area (Å²) in [6.45, 7) is -0.409. The van der Waals surface area contributed by atoms with Crippen molar-refractivity contribution < 1.29 is 22.7 Å². The van der Waals surface area contributed by atoms with Crippen LogP contribution in [0.25, 0.3) is 0 Å². The largest absolute Gasteiger partial charge is 0.454 e. The molecule has 1 N–H and O–H groups in total. The number of hydrogen-bond acceptors (Lipinski definition) is 8. The topological polar surface area (TPSA) is 128 Å². The van der Waals surface area contributed by atoms with Gasteiger partial charge in [0, 0.05) is 43.3 Å². The summed E-state index contributed by atoms with van der Waals surface area (Å²) in [5, 5.41) is 21.0. The Balaban J connectivity index is 1.51. The Bertz CT molecular complexity index is 1320. The lowest BCUT2D eigenvalue weighted by molar-refractivity contribution is -0.154. The molecule has 0 spiro atoms. The minimum absolute atomic E-state index is 0.181. The van der Waals surface area contributed by atoms with E-state index in [0.717, 1.165) is 5.56 Å². The van der Waals surface area contributed by atoms with E-state index in [1.54, 1.807) is 24.3 Å². The first-order valence-electron chi connectivity index (χ1n) is 11.2. The van der Waals surface area contributed by atoms with E-state index in [2.05, 4.69) is 36.0 Å². The molecule has 0 saturated carbocycles. The molecule has 2 atom stereocenters. The van der Waals surface area contributed by atoms with Gasteiger partial charge in [0.05, 0.1) is 23.2 Å². The number of likely N-dealkylation sites (tertiary alicyclic amines) is 1. The predicted octanol–water partition coefficient (Wildman–Crippen LogP) is 3.15. The highest BCUT2D eigenvalue weighted by Crippen LogP contribution is 2.32. The standard InChI is InChI=1S/C25H20F3N7O2/c26-25(27,28)15-37-24-32-12-19(13-33-24)22(17-3-1-16(9-29)2-4-17)35-8-7-21(14-35)34-23(36)18-5-6-20(10-30)31-11-18/h1-6,11-13,21-22H,7-8,14-15H2,(H,34,36)/t21-,22?/m1/s1. The second-order valence-corrected chi connectivity index (χ2v) is 8.34. The van der Waals surface area contributed by atoms with E-state index < -0.39 is 12.8 Å². The number of carbonyl (C=O) groups is 1. The van der Waals surface area contributed by atoms with E-state index in [9.17, 15) is 18.0 Å². The first-order valence-corrected chi connectivity index (χ1v) is 11.2. The van der Waals surface area contributed by atoms with E-state index in [-0.39, 0.29) is 29.7 Å². The maximum atomic E-state index is 12.7. The van der Waals surface area contributed by atoms with E-state index in [0.29, 0.717) is 36.2 Å². The summed E-state index contributed by atoms with van der Waals surface area (Å²) >= 11 is 0. The van der Waals surface area contributed by atoms with Gasteiger partial charge in [0.15, 0.2) is 6.61 Å². The molecule has 1 aliphatic rings. The van der Waals surface area contributed by atoms with Gasteiger partial charge in [-0.3, -0.25) is 9.69 Å². The Labute approximate surface area is 210 Å². The molecule has 1 aliphatic heterocycles. The molecule has 1 amide bonds. The van der Waals surface area contributed by atoms with Crippen LogP contribution in [0.15, 0.2) is 55.0 Å². The van der Waals surface area contributed by atoms with Crippen LogP contribution in [0.1, 0.15) is 45.2 Å². The van der Waals surface area contributed by atoms with Gasteiger partial charge in [0.2, 0.25) is 0 Å². The number of amides is 1. The molecule has 1 fully saturated rings. The molecule has 0 aliphatic carbocycles. The van der Waals surface area contributed by atoms with Crippen molar-refractivity contribution in [1.29, 1.82) is 10.5 Å². The highest BCUT2D eigenvalue weighted by molar-refractivity contribution is 5.94. The minimum atomic E-state index is -4.50. The van der Waals surface area contributed by atoms with Gasteiger partial charge in [-0.05, 0) is 36.2 Å². The molecule has 1 aromatic carbocycles. The Morgan fingerprint density at radius 2 is 1.78 bits per heavy atom. The van der Waals surface area contributed by atoms with E-state index in [1.807, 2.05) is 6.07 Å². The van der Waals surface area contributed by atoms with Crippen molar-refractivity contribution in [3.05, 3.63) is 82.9 Å². The molecule has 188 valence electrons. The zero-order chi connectivity index (χ0) is 26.4. The number of carbonyl (C=O) groups excluding carboxylic acids is 1. The van der Waals surface area contributed by atoms with Crippen molar-refractivity contribution in [3.63, 3.8) is 0 Å². The summed E-state index contributed by atoms with van der Waals surface area (Å²) in [6.07, 6.45) is 0.317. The Morgan fingerprint density at radius 1 is 1.05 bits per heavy atom. The molecule has 4 rings (SSSR count). The number of nitriles is 2. The number of nitrogens with zero attached hydrogens (tertiary/aromatic N) is 6. The summed E-state index contributed by atoms with van der Waals surface area (Å²) in [7, 11) is 0. The molecular weight excluding hydrogens is 487 g/mol. The number of hydrogen-bond donors (Lipinski definition) is 1. The third kappa shape index (κ3) is 6.57. The average Bonchev–Trinajstić information content (AvgIpc) is 3.36. The van der Waals surface area contributed by atoms with Crippen molar-refractivity contribution >= 4 is 5.91 Å². The molecule has 1 unspecified atom stereocenters. The van der Waals surface area contributed by atoms with Crippen molar-refractivity contribution in [3.8, 4) is 18.1 Å². The number of pyridine rings is 1. The molecule has 2 aromatic heterocycles. The molecule has 12 heteroatoms. The maximum absolute atomic E-state index is 12.7. The van der Waals surface area contributed by atoms with Gasteiger partial charge in [-0.25, -0.2) is 15.0 Å². The highest BCUT2D eigenvalue weighted by atomic mass is 19.4. The number of aromatic nitrogens is 3. The monoisotopic (exact) mass is 507 g/mol. The fourth-order valence-electron chi connectivity index (χ4n) is 4.05. The molecule has 37 heavy (non-hydrogen) atoms. The van der Waals surface area contributed by atoms with Gasteiger partial charge in [-0.15, -0.1) is 0 Å². The van der Waals surface area contributed by atoms with Crippen molar-refractivity contribution in [2.45, 2.75) is 24.7 Å². The highest BCUT2D eigenvalue weighted by Gasteiger charge is 2.32. The molecule has 0 radical (unpaired) electrons. The van der Waals surface area contributed by atoms with Gasteiger partial charge in [-0.1, -0.05) is 12.1 Å². The lowest BCUT2D eigenvalue weighted by atomic mass is 9.98. The fraction of sp³-hybridized carbons (Fsp3) is 0.280. The predicted molar refractivity (Wildman–Crippen MR) is 123 cm³/mol. The van der Waals surface area contributed by atoms with Crippen LogP contribution in [0.2, 0.25) is 0 Å². The zero-order valence-electron chi connectivity index (χ0n) is 19.3.